The second-order valence-corrected chi connectivity index (χ2v) is 8.30. The summed E-state index contributed by atoms with van der Waals surface area (Å²) >= 11 is 0. The van der Waals surface area contributed by atoms with Gasteiger partial charge in [-0.05, 0) is 59.7 Å². The van der Waals surface area contributed by atoms with Crippen LogP contribution in [-0.4, -0.2) is 37.1 Å². The van der Waals surface area contributed by atoms with Gasteiger partial charge >= 0.3 is 5.97 Å². The molecule has 0 aromatic heterocycles. The average molecular weight is 510 g/mol. The lowest BCUT2D eigenvalue weighted by Crippen LogP contribution is -2.34. The number of rotatable bonds is 10. The number of nitrogens with zero attached hydrogens (tertiary/aromatic N) is 1. The van der Waals surface area contributed by atoms with Gasteiger partial charge in [0, 0.05) is 11.1 Å². The highest BCUT2D eigenvalue weighted by atomic mass is 16.5. The third-order valence-electron chi connectivity index (χ3n) is 5.52. The van der Waals surface area contributed by atoms with E-state index in [4.69, 9.17) is 9.47 Å². The lowest BCUT2D eigenvalue weighted by Gasteiger charge is -2.10. The van der Waals surface area contributed by atoms with Crippen LogP contribution in [0.15, 0.2) is 96.1 Å². The van der Waals surface area contributed by atoms with Crippen molar-refractivity contribution in [1.29, 1.82) is 0 Å². The van der Waals surface area contributed by atoms with Crippen molar-refractivity contribution >= 4 is 34.8 Å². The topological polar surface area (TPSA) is 106 Å². The zero-order valence-corrected chi connectivity index (χ0v) is 20.8. The molecular weight excluding hydrogens is 482 g/mol. The van der Waals surface area contributed by atoms with Gasteiger partial charge in [-0.3, -0.25) is 9.59 Å². The van der Waals surface area contributed by atoms with Crippen molar-refractivity contribution in [3.63, 3.8) is 0 Å². The average Bonchev–Trinajstić information content (AvgIpc) is 2.96. The summed E-state index contributed by atoms with van der Waals surface area (Å²) in [6.07, 6.45) is 2.31. The molecule has 0 aliphatic rings. The quantitative estimate of drug-likeness (QED) is 0.139. The summed E-state index contributed by atoms with van der Waals surface area (Å²) in [5.41, 5.74) is 3.75. The molecule has 0 fully saturated rings. The smallest absolute Gasteiger partial charge is 0.343 e. The van der Waals surface area contributed by atoms with E-state index in [0.717, 1.165) is 17.2 Å². The van der Waals surface area contributed by atoms with Crippen molar-refractivity contribution in [1.82, 2.24) is 10.7 Å². The number of benzene rings is 4. The Balaban J connectivity index is 1.40. The van der Waals surface area contributed by atoms with Crippen molar-refractivity contribution in [2.45, 2.75) is 13.3 Å². The standard InChI is InChI=1S/C30H27N3O5/c1-2-18-37-24-15-12-22(13-16-24)29(35)31-20-28(34)33-32-19-26-25-11-7-6-8-21(25)14-17-27(26)38-30(36)23-9-4-3-5-10-23/h3-17,19H,2,18,20H2,1H3,(H,31,35)(H,33,34)/b32-19+. The van der Waals surface area contributed by atoms with E-state index in [0.29, 0.717) is 34.8 Å². The highest BCUT2D eigenvalue weighted by molar-refractivity contribution is 6.04. The van der Waals surface area contributed by atoms with E-state index in [-0.39, 0.29) is 6.54 Å². The van der Waals surface area contributed by atoms with E-state index in [1.807, 2.05) is 43.3 Å². The Labute approximate surface area is 220 Å². The number of carbonyl (C=O) groups is 3. The Kier molecular flexibility index (Phi) is 8.80. The number of hydrazone groups is 1. The monoisotopic (exact) mass is 509 g/mol. The van der Waals surface area contributed by atoms with Crippen LogP contribution in [0.3, 0.4) is 0 Å². The van der Waals surface area contributed by atoms with Crippen molar-refractivity contribution in [2.24, 2.45) is 5.10 Å². The van der Waals surface area contributed by atoms with Gasteiger partial charge in [0.2, 0.25) is 0 Å². The first-order chi connectivity index (χ1) is 18.5. The predicted octanol–water partition coefficient (Wildman–Crippen LogP) is 4.73. The fraction of sp³-hybridized carbons (Fsp3) is 0.133. The number of esters is 1. The molecule has 0 saturated heterocycles. The molecule has 0 unspecified atom stereocenters. The third-order valence-corrected chi connectivity index (χ3v) is 5.52. The van der Waals surface area contributed by atoms with E-state index < -0.39 is 17.8 Å². The minimum atomic E-state index is -0.513. The SMILES string of the molecule is CCCOc1ccc(C(=O)NCC(=O)N/N=C/c2c(OC(=O)c3ccccc3)ccc3ccccc23)cc1. The minimum Gasteiger partial charge on any atom is -0.494 e. The summed E-state index contributed by atoms with van der Waals surface area (Å²) in [5.74, 6) is -0.434. The van der Waals surface area contributed by atoms with E-state index >= 15 is 0 Å². The number of hydrogen-bond acceptors (Lipinski definition) is 6. The van der Waals surface area contributed by atoms with E-state index in [9.17, 15) is 14.4 Å². The fourth-order valence-electron chi connectivity index (χ4n) is 3.62. The minimum absolute atomic E-state index is 0.268. The molecular formula is C30H27N3O5. The molecule has 0 radical (unpaired) electrons. The Morgan fingerprint density at radius 1 is 0.842 bits per heavy atom. The zero-order valence-electron chi connectivity index (χ0n) is 20.8. The second-order valence-electron chi connectivity index (χ2n) is 8.30. The molecule has 8 heteroatoms. The first kappa shape index (κ1) is 26.1. The maximum atomic E-state index is 12.6. The van der Waals surface area contributed by atoms with Gasteiger partial charge < -0.3 is 14.8 Å². The molecule has 4 rings (SSSR count). The number of amides is 2. The molecule has 0 aliphatic heterocycles. The fourth-order valence-corrected chi connectivity index (χ4v) is 3.62. The lowest BCUT2D eigenvalue weighted by molar-refractivity contribution is -0.120. The molecule has 0 bridgehead atoms. The van der Waals surface area contributed by atoms with E-state index in [1.165, 1.54) is 6.21 Å². The van der Waals surface area contributed by atoms with Crippen LogP contribution in [0.1, 0.15) is 39.6 Å². The summed E-state index contributed by atoms with van der Waals surface area (Å²) in [4.78, 5) is 37.3. The molecule has 4 aromatic carbocycles. The third kappa shape index (κ3) is 6.82. The van der Waals surface area contributed by atoms with Crippen molar-refractivity contribution in [3.05, 3.63) is 108 Å². The first-order valence-electron chi connectivity index (χ1n) is 12.2. The number of nitrogens with one attached hydrogen (secondary N) is 2. The molecule has 2 amide bonds. The molecule has 0 aliphatic carbocycles. The number of carbonyl (C=O) groups excluding carboxylic acids is 3. The van der Waals surface area contributed by atoms with Crippen LogP contribution in [0.25, 0.3) is 10.8 Å². The van der Waals surface area contributed by atoms with Crippen LogP contribution >= 0.6 is 0 Å². The van der Waals surface area contributed by atoms with Crippen LogP contribution in [0.4, 0.5) is 0 Å². The number of fused-ring (bicyclic) bond motifs is 1. The molecule has 192 valence electrons. The van der Waals surface area contributed by atoms with Crippen LogP contribution < -0.4 is 20.2 Å². The Morgan fingerprint density at radius 2 is 1.58 bits per heavy atom. The van der Waals surface area contributed by atoms with Gasteiger partial charge in [0.1, 0.15) is 11.5 Å². The van der Waals surface area contributed by atoms with Crippen LogP contribution in [0, 0.1) is 0 Å². The normalized spacial score (nSPS) is 10.8. The molecule has 0 heterocycles. The molecule has 0 saturated carbocycles. The van der Waals surface area contributed by atoms with Gasteiger partial charge in [-0.1, -0.05) is 55.5 Å². The second kappa shape index (κ2) is 12.8. The summed E-state index contributed by atoms with van der Waals surface area (Å²) in [7, 11) is 0. The molecule has 4 aromatic rings. The summed E-state index contributed by atoms with van der Waals surface area (Å²) in [6.45, 7) is 2.34. The maximum absolute atomic E-state index is 12.6. The Hall–Kier alpha value is -4.98. The molecule has 8 nitrogen and oxygen atoms in total. The van der Waals surface area contributed by atoms with Gasteiger partial charge in [-0.2, -0.15) is 5.10 Å². The predicted molar refractivity (Wildman–Crippen MR) is 146 cm³/mol. The van der Waals surface area contributed by atoms with Gasteiger partial charge in [-0.15, -0.1) is 0 Å². The van der Waals surface area contributed by atoms with Gasteiger partial charge in [0.05, 0.1) is 24.9 Å². The van der Waals surface area contributed by atoms with E-state index in [1.54, 1.807) is 54.6 Å². The van der Waals surface area contributed by atoms with Crippen LogP contribution in [0.5, 0.6) is 11.5 Å². The number of hydrogen-bond donors (Lipinski definition) is 2. The maximum Gasteiger partial charge on any atom is 0.343 e. The summed E-state index contributed by atoms with van der Waals surface area (Å²) < 4.78 is 11.2. The van der Waals surface area contributed by atoms with Crippen LogP contribution in [-0.2, 0) is 4.79 Å². The first-order valence-corrected chi connectivity index (χ1v) is 12.2. The highest BCUT2D eigenvalue weighted by Gasteiger charge is 2.14. The van der Waals surface area contributed by atoms with E-state index in [2.05, 4.69) is 15.8 Å². The molecule has 0 atom stereocenters. The number of ether oxygens (including phenoxy) is 2. The van der Waals surface area contributed by atoms with Crippen LogP contribution in [0.2, 0.25) is 0 Å². The largest absolute Gasteiger partial charge is 0.494 e. The summed E-state index contributed by atoms with van der Waals surface area (Å²) in [6, 6.07) is 26.4. The van der Waals surface area contributed by atoms with Gasteiger partial charge in [0.25, 0.3) is 11.8 Å². The van der Waals surface area contributed by atoms with Crippen molar-refractivity contribution in [3.8, 4) is 11.5 Å². The van der Waals surface area contributed by atoms with Crippen molar-refractivity contribution in [2.75, 3.05) is 13.2 Å². The van der Waals surface area contributed by atoms with Crippen molar-refractivity contribution < 1.29 is 23.9 Å². The van der Waals surface area contributed by atoms with Gasteiger partial charge in [-0.25, -0.2) is 10.2 Å². The molecule has 38 heavy (non-hydrogen) atoms. The Bertz CT molecular complexity index is 1450. The summed E-state index contributed by atoms with van der Waals surface area (Å²) in [5, 5.41) is 8.31. The lowest BCUT2D eigenvalue weighted by atomic mass is 10.0. The highest BCUT2D eigenvalue weighted by Crippen LogP contribution is 2.27. The van der Waals surface area contributed by atoms with Gasteiger partial charge in [0.15, 0.2) is 0 Å². The Morgan fingerprint density at radius 3 is 2.34 bits per heavy atom. The molecule has 0 spiro atoms. The zero-order chi connectivity index (χ0) is 26.7. The molecule has 2 N–H and O–H groups in total.